The number of aryl methyl sites for hydroxylation is 2. The second-order valence-electron chi connectivity index (χ2n) is 4.95. The van der Waals surface area contributed by atoms with Gasteiger partial charge in [-0.1, -0.05) is 24.3 Å². The summed E-state index contributed by atoms with van der Waals surface area (Å²) < 4.78 is 0. The minimum atomic E-state index is 0.482. The number of hydrogen-bond acceptors (Lipinski definition) is 4. The molecule has 0 radical (unpaired) electrons. The molecule has 1 N–H and O–H groups in total. The van der Waals surface area contributed by atoms with E-state index in [0.29, 0.717) is 5.92 Å². The van der Waals surface area contributed by atoms with Crippen molar-refractivity contribution in [3.8, 4) is 0 Å². The largest absolute Gasteiger partial charge is 0.319 e. The Labute approximate surface area is 114 Å². The van der Waals surface area contributed by atoms with E-state index < -0.39 is 0 Å². The summed E-state index contributed by atoms with van der Waals surface area (Å²) in [6, 6.07) is 8.53. The molecule has 0 amide bonds. The Kier molecular flexibility index (Phi) is 4.63. The highest BCUT2D eigenvalue weighted by atomic mass is 15.6. The summed E-state index contributed by atoms with van der Waals surface area (Å²) in [5.74, 6) is 1.30. The Morgan fingerprint density at radius 1 is 1.26 bits per heavy atom. The number of nitrogens with one attached hydrogen (secondary N) is 1. The fourth-order valence-electron chi connectivity index (χ4n) is 2.32. The van der Waals surface area contributed by atoms with Gasteiger partial charge in [-0.05, 0) is 49.2 Å². The van der Waals surface area contributed by atoms with Gasteiger partial charge in [0.1, 0.15) is 0 Å². The second kappa shape index (κ2) is 6.43. The fourth-order valence-corrected chi connectivity index (χ4v) is 2.32. The number of nitrogens with zero attached hydrogens (tertiary/aromatic N) is 4. The summed E-state index contributed by atoms with van der Waals surface area (Å²) in [5.41, 5.74) is 2.74. The Balaban J connectivity index is 2.06. The molecule has 102 valence electrons. The zero-order chi connectivity index (χ0) is 13.7. The highest BCUT2D eigenvalue weighted by Gasteiger charge is 2.14. The minimum Gasteiger partial charge on any atom is -0.319 e. The van der Waals surface area contributed by atoms with Crippen molar-refractivity contribution >= 4 is 0 Å². The molecule has 1 aromatic carbocycles. The van der Waals surface area contributed by atoms with Crippen LogP contribution in [0.25, 0.3) is 0 Å². The van der Waals surface area contributed by atoms with E-state index in [-0.39, 0.29) is 0 Å². The first-order valence-corrected chi connectivity index (χ1v) is 6.61. The van der Waals surface area contributed by atoms with Crippen LogP contribution in [-0.2, 0) is 19.9 Å². The van der Waals surface area contributed by atoms with Crippen LogP contribution in [0.2, 0.25) is 0 Å². The van der Waals surface area contributed by atoms with Gasteiger partial charge in [-0.2, -0.15) is 4.80 Å². The van der Waals surface area contributed by atoms with Crippen LogP contribution in [0, 0.1) is 12.8 Å². The Hall–Kier alpha value is -1.75. The lowest BCUT2D eigenvalue weighted by Crippen LogP contribution is -2.23. The lowest BCUT2D eigenvalue weighted by molar-refractivity contribution is 0.480. The van der Waals surface area contributed by atoms with Crippen molar-refractivity contribution in [2.45, 2.75) is 19.8 Å². The molecule has 1 unspecified atom stereocenters. The minimum absolute atomic E-state index is 0.482. The van der Waals surface area contributed by atoms with Crippen molar-refractivity contribution in [3.63, 3.8) is 0 Å². The van der Waals surface area contributed by atoms with E-state index in [0.717, 1.165) is 25.2 Å². The molecule has 2 aromatic rings. The maximum atomic E-state index is 4.26. The van der Waals surface area contributed by atoms with E-state index in [1.54, 1.807) is 7.05 Å². The van der Waals surface area contributed by atoms with Gasteiger partial charge in [-0.25, -0.2) is 0 Å². The molecular weight excluding hydrogens is 238 g/mol. The number of aromatic nitrogens is 4. The summed E-state index contributed by atoms with van der Waals surface area (Å²) in [6.07, 6.45) is 1.88. The zero-order valence-electron chi connectivity index (χ0n) is 11.8. The van der Waals surface area contributed by atoms with Crippen molar-refractivity contribution in [1.82, 2.24) is 25.5 Å². The molecule has 5 heteroatoms. The van der Waals surface area contributed by atoms with Crippen LogP contribution in [0.15, 0.2) is 24.3 Å². The third-order valence-corrected chi connectivity index (χ3v) is 3.28. The number of benzene rings is 1. The van der Waals surface area contributed by atoms with Crippen molar-refractivity contribution in [1.29, 1.82) is 0 Å². The smallest absolute Gasteiger partial charge is 0.175 e. The van der Waals surface area contributed by atoms with Crippen LogP contribution in [0.3, 0.4) is 0 Å². The molecule has 1 atom stereocenters. The van der Waals surface area contributed by atoms with Gasteiger partial charge in [0.05, 0.1) is 7.05 Å². The molecule has 0 saturated carbocycles. The molecule has 2 rings (SSSR count). The van der Waals surface area contributed by atoms with Gasteiger partial charge in [-0.15, -0.1) is 10.2 Å². The molecule has 0 aliphatic heterocycles. The van der Waals surface area contributed by atoms with E-state index >= 15 is 0 Å². The van der Waals surface area contributed by atoms with Crippen molar-refractivity contribution in [3.05, 3.63) is 41.2 Å². The van der Waals surface area contributed by atoms with Crippen LogP contribution in [-0.4, -0.2) is 33.8 Å². The maximum absolute atomic E-state index is 4.26. The lowest BCUT2D eigenvalue weighted by atomic mass is 9.93. The predicted octanol–water partition coefficient (Wildman–Crippen LogP) is 1.14. The van der Waals surface area contributed by atoms with Crippen LogP contribution in [0.1, 0.15) is 17.0 Å². The first kappa shape index (κ1) is 13.7. The average Bonchev–Trinajstić information content (AvgIpc) is 2.78. The third kappa shape index (κ3) is 3.86. The summed E-state index contributed by atoms with van der Waals surface area (Å²) in [7, 11) is 3.78. The van der Waals surface area contributed by atoms with E-state index in [1.165, 1.54) is 15.9 Å². The summed E-state index contributed by atoms with van der Waals surface area (Å²) in [5, 5.41) is 15.5. The lowest BCUT2D eigenvalue weighted by Gasteiger charge is -2.16. The summed E-state index contributed by atoms with van der Waals surface area (Å²) >= 11 is 0. The van der Waals surface area contributed by atoms with Gasteiger partial charge < -0.3 is 5.32 Å². The SMILES string of the molecule is CNCC(Cc1nnn(C)n1)Cc1ccccc1C. The molecule has 0 aliphatic carbocycles. The standard InChI is InChI=1S/C14H21N5/c1-11-6-4-5-7-13(11)8-12(10-15-2)9-14-16-18-19(3)17-14/h4-7,12,15H,8-10H2,1-3H3. The summed E-state index contributed by atoms with van der Waals surface area (Å²) in [6.45, 7) is 3.11. The fraction of sp³-hybridized carbons (Fsp3) is 0.500. The van der Waals surface area contributed by atoms with Gasteiger partial charge in [-0.3, -0.25) is 0 Å². The molecule has 5 nitrogen and oxygen atoms in total. The zero-order valence-corrected chi connectivity index (χ0v) is 11.8. The molecule has 0 bridgehead atoms. The molecule has 19 heavy (non-hydrogen) atoms. The average molecular weight is 259 g/mol. The summed E-state index contributed by atoms with van der Waals surface area (Å²) in [4.78, 5) is 1.51. The van der Waals surface area contributed by atoms with Gasteiger partial charge in [0.15, 0.2) is 5.82 Å². The molecule has 1 aromatic heterocycles. The molecular formula is C14H21N5. The van der Waals surface area contributed by atoms with Crippen molar-refractivity contribution < 1.29 is 0 Å². The number of hydrogen-bond donors (Lipinski definition) is 1. The van der Waals surface area contributed by atoms with Gasteiger partial charge >= 0.3 is 0 Å². The first-order chi connectivity index (χ1) is 9.19. The third-order valence-electron chi connectivity index (χ3n) is 3.28. The quantitative estimate of drug-likeness (QED) is 0.845. The van der Waals surface area contributed by atoms with Crippen LogP contribution in [0.5, 0.6) is 0 Å². The van der Waals surface area contributed by atoms with Gasteiger partial charge in [0.25, 0.3) is 0 Å². The number of rotatable bonds is 6. The Bertz CT molecular complexity index is 520. The number of tetrazole rings is 1. The van der Waals surface area contributed by atoms with Crippen LogP contribution in [0.4, 0.5) is 0 Å². The Morgan fingerprint density at radius 3 is 2.68 bits per heavy atom. The maximum Gasteiger partial charge on any atom is 0.175 e. The van der Waals surface area contributed by atoms with Crippen LogP contribution < -0.4 is 5.32 Å². The van der Waals surface area contributed by atoms with Crippen LogP contribution >= 0.6 is 0 Å². The first-order valence-electron chi connectivity index (χ1n) is 6.61. The van der Waals surface area contributed by atoms with Crippen molar-refractivity contribution in [2.75, 3.05) is 13.6 Å². The van der Waals surface area contributed by atoms with E-state index in [1.807, 2.05) is 7.05 Å². The van der Waals surface area contributed by atoms with E-state index in [4.69, 9.17) is 0 Å². The molecule has 0 aliphatic rings. The normalized spacial score (nSPS) is 12.6. The van der Waals surface area contributed by atoms with Gasteiger partial charge in [0, 0.05) is 6.42 Å². The topological polar surface area (TPSA) is 55.6 Å². The highest BCUT2D eigenvalue weighted by molar-refractivity contribution is 5.26. The second-order valence-corrected chi connectivity index (χ2v) is 4.95. The highest BCUT2D eigenvalue weighted by Crippen LogP contribution is 2.15. The van der Waals surface area contributed by atoms with Gasteiger partial charge in [0.2, 0.25) is 0 Å². The molecule has 0 saturated heterocycles. The predicted molar refractivity (Wildman–Crippen MR) is 74.8 cm³/mol. The monoisotopic (exact) mass is 259 g/mol. The van der Waals surface area contributed by atoms with Crippen molar-refractivity contribution in [2.24, 2.45) is 13.0 Å². The molecule has 1 heterocycles. The van der Waals surface area contributed by atoms with E-state index in [9.17, 15) is 0 Å². The molecule has 0 fully saturated rings. The Morgan fingerprint density at radius 2 is 2.05 bits per heavy atom. The van der Waals surface area contributed by atoms with E-state index in [2.05, 4.69) is 51.9 Å². The molecule has 0 spiro atoms.